The second-order valence-electron chi connectivity index (χ2n) is 8.76. The number of hydrogen-bond acceptors (Lipinski definition) is 6. The number of nitrogens with zero attached hydrogens (tertiary/aromatic N) is 4. The van der Waals surface area contributed by atoms with Gasteiger partial charge < -0.3 is 15.0 Å². The molecule has 1 aliphatic heterocycles. The number of rotatable bonds is 7. The van der Waals surface area contributed by atoms with Gasteiger partial charge in [0.1, 0.15) is 0 Å². The summed E-state index contributed by atoms with van der Waals surface area (Å²) in [6.45, 7) is 7.44. The van der Waals surface area contributed by atoms with Crippen LogP contribution in [0.15, 0.2) is 78.0 Å². The van der Waals surface area contributed by atoms with E-state index in [0.717, 1.165) is 54.8 Å². The largest absolute Gasteiger partial charge is 0.378 e. The number of carbonyl (C=O) groups excluding carboxylic acids is 1. The van der Waals surface area contributed by atoms with E-state index in [2.05, 4.69) is 52.5 Å². The van der Waals surface area contributed by atoms with Gasteiger partial charge >= 0.3 is 0 Å². The molecule has 1 amide bonds. The van der Waals surface area contributed by atoms with E-state index >= 15 is 0 Å². The van der Waals surface area contributed by atoms with Crippen molar-refractivity contribution in [2.45, 2.75) is 19.0 Å². The van der Waals surface area contributed by atoms with Crippen molar-refractivity contribution in [2.75, 3.05) is 42.3 Å². The molecule has 184 valence electrons. The molecule has 0 radical (unpaired) electrons. The normalized spacial score (nSPS) is 13.6. The van der Waals surface area contributed by atoms with Crippen LogP contribution in [0.3, 0.4) is 0 Å². The molecular formula is C28H29N5O2S. The lowest BCUT2D eigenvalue weighted by Gasteiger charge is -2.28. The molecule has 1 saturated heterocycles. The van der Waals surface area contributed by atoms with Crippen LogP contribution in [0.4, 0.5) is 11.4 Å². The molecule has 8 heteroatoms. The Morgan fingerprint density at radius 3 is 2.36 bits per heavy atom. The van der Waals surface area contributed by atoms with Crippen molar-refractivity contribution in [2.24, 2.45) is 0 Å². The zero-order valence-electron chi connectivity index (χ0n) is 20.5. The van der Waals surface area contributed by atoms with Crippen molar-refractivity contribution in [1.82, 2.24) is 14.8 Å². The Bertz CT molecular complexity index is 1330. The molecule has 1 aliphatic rings. The lowest BCUT2D eigenvalue weighted by atomic mass is 10.1. The summed E-state index contributed by atoms with van der Waals surface area (Å²) in [6.07, 6.45) is 0. The number of nitrogens with one attached hydrogen (secondary N) is 1. The Labute approximate surface area is 215 Å². The number of benzene rings is 3. The number of ether oxygens (including phenoxy) is 1. The predicted octanol–water partition coefficient (Wildman–Crippen LogP) is 5.12. The minimum absolute atomic E-state index is 0.0879. The Balaban J connectivity index is 1.31. The first-order valence-electron chi connectivity index (χ1n) is 12.0. The van der Waals surface area contributed by atoms with Crippen LogP contribution >= 0.6 is 11.8 Å². The van der Waals surface area contributed by atoms with E-state index in [4.69, 9.17) is 4.74 Å². The second-order valence-corrected chi connectivity index (χ2v) is 9.70. The van der Waals surface area contributed by atoms with E-state index in [1.165, 1.54) is 22.9 Å². The molecule has 3 aromatic carbocycles. The maximum atomic E-state index is 12.8. The highest BCUT2D eigenvalue weighted by Crippen LogP contribution is 2.29. The van der Waals surface area contributed by atoms with Gasteiger partial charge in [0.15, 0.2) is 11.0 Å². The first-order valence-corrected chi connectivity index (χ1v) is 13.0. The van der Waals surface area contributed by atoms with E-state index in [0.29, 0.717) is 5.16 Å². The predicted molar refractivity (Wildman–Crippen MR) is 145 cm³/mol. The molecule has 0 aliphatic carbocycles. The molecule has 0 bridgehead atoms. The minimum Gasteiger partial charge on any atom is -0.378 e. The zero-order valence-corrected chi connectivity index (χ0v) is 21.3. The number of thioether (sulfide) groups is 1. The summed E-state index contributed by atoms with van der Waals surface area (Å²) in [5.41, 5.74) is 6.28. The van der Waals surface area contributed by atoms with Gasteiger partial charge in [0.05, 0.1) is 24.7 Å². The lowest BCUT2D eigenvalue weighted by Crippen LogP contribution is -2.36. The molecular weight excluding hydrogens is 470 g/mol. The summed E-state index contributed by atoms with van der Waals surface area (Å²) in [7, 11) is 0. The van der Waals surface area contributed by atoms with Crippen LogP contribution in [-0.2, 0) is 9.53 Å². The number of aromatic nitrogens is 3. The fourth-order valence-corrected chi connectivity index (χ4v) is 4.89. The monoisotopic (exact) mass is 499 g/mol. The maximum Gasteiger partial charge on any atom is 0.234 e. The summed E-state index contributed by atoms with van der Waals surface area (Å²) in [4.78, 5) is 15.1. The van der Waals surface area contributed by atoms with Crippen LogP contribution in [0.2, 0.25) is 0 Å². The first-order chi connectivity index (χ1) is 17.6. The smallest absolute Gasteiger partial charge is 0.234 e. The highest BCUT2D eigenvalue weighted by molar-refractivity contribution is 7.99. The molecule has 4 aromatic rings. The van der Waals surface area contributed by atoms with Crippen LogP contribution in [-0.4, -0.2) is 52.7 Å². The molecule has 0 atom stereocenters. The Morgan fingerprint density at radius 2 is 1.64 bits per heavy atom. The standard InChI is InChI=1S/C28H29N5O2S/c1-20-8-11-25(18-21(20)2)33-27(22-6-4-3-5-7-22)30-31-28(33)36-19-26(34)29-23-9-12-24(13-10-23)32-14-16-35-17-15-32/h3-13,18H,14-17,19H2,1-2H3,(H,29,34). The van der Waals surface area contributed by atoms with Crippen LogP contribution in [0.1, 0.15) is 11.1 Å². The number of anilines is 2. The SMILES string of the molecule is Cc1ccc(-n2c(SCC(=O)Nc3ccc(N4CCOCC4)cc3)nnc2-c2ccccc2)cc1C. The van der Waals surface area contributed by atoms with Gasteiger partial charge in [-0.15, -0.1) is 10.2 Å². The number of hydrogen-bond donors (Lipinski definition) is 1. The van der Waals surface area contributed by atoms with Crippen LogP contribution in [0.25, 0.3) is 17.1 Å². The van der Waals surface area contributed by atoms with Crippen molar-refractivity contribution < 1.29 is 9.53 Å². The highest BCUT2D eigenvalue weighted by Gasteiger charge is 2.18. The van der Waals surface area contributed by atoms with E-state index in [1.54, 1.807) is 0 Å². The van der Waals surface area contributed by atoms with Crippen molar-refractivity contribution in [3.8, 4) is 17.1 Å². The molecule has 7 nitrogen and oxygen atoms in total. The van der Waals surface area contributed by atoms with Crippen LogP contribution in [0.5, 0.6) is 0 Å². The number of amides is 1. The van der Waals surface area contributed by atoms with Gasteiger partial charge in [-0.25, -0.2) is 0 Å². The first kappa shape index (κ1) is 24.1. The third kappa shape index (κ3) is 5.45. The molecule has 1 fully saturated rings. The van der Waals surface area contributed by atoms with Gasteiger partial charge in [-0.2, -0.15) is 0 Å². The second kappa shape index (κ2) is 11.0. The molecule has 1 aromatic heterocycles. The van der Waals surface area contributed by atoms with Crippen molar-refractivity contribution >= 4 is 29.0 Å². The maximum absolute atomic E-state index is 12.8. The minimum atomic E-state index is -0.0879. The highest BCUT2D eigenvalue weighted by atomic mass is 32.2. The average molecular weight is 500 g/mol. The van der Waals surface area contributed by atoms with Crippen LogP contribution in [0, 0.1) is 13.8 Å². The van der Waals surface area contributed by atoms with E-state index < -0.39 is 0 Å². The molecule has 36 heavy (non-hydrogen) atoms. The van der Waals surface area contributed by atoms with Crippen molar-refractivity contribution in [3.05, 3.63) is 83.9 Å². The van der Waals surface area contributed by atoms with Gasteiger partial charge in [-0.1, -0.05) is 48.2 Å². The summed E-state index contributed by atoms with van der Waals surface area (Å²) < 4.78 is 7.45. The third-order valence-corrected chi connectivity index (χ3v) is 7.20. The Morgan fingerprint density at radius 1 is 0.917 bits per heavy atom. The van der Waals surface area contributed by atoms with Gasteiger partial charge in [0, 0.05) is 30.0 Å². The summed E-state index contributed by atoms with van der Waals surface area (Å²) in [5, 5.41) is 12.6. The van der Waals surface area contributed by atoms with Gasteiger partial charge in [0.2, 0.25) is 5.91 Å². The number of aryl methyl sites for hydroxylation is 2. The molecule has 0 saturated carbocycles. The van der Waals surface area contributed by atoms with Crippen molar-refractivity contribution in [1.29, 1.82) is 0 Å². The topological polar surface area (TPSA) is 72.3 Å². The Hall–Kier alpha value is -3.62. The van der Waals surface area contributed by atoms with E-state index in [1.807, 2.05) is 59.2 Å². The quantitative estimate of drug-likeness (QED) is 0.356. The average Bonchev–Trinajstić information content (AvgIpc) is 3.34. The Kier molecular flexibility index (Phi) is 7.34. The third-order valence-electron chi connectivity index (χ3n) is 6.27. The molecule has 1 N–H and O–H groups in total. The number of carbonyl (C=O) groups is 1. The summed E-state index contributed by atoms with van der Waals surface area (Å²) >= 11 is 1.38. The summed E-state index contributed by atoms with van der Waals surface area (Å²) in [6, 6.07) is 24.2. The van der Waals surface area contributed by atoms with E-state index in [9.17, 15) is 4.79 Å². The number of morpholine rings is 1. The zero-order chi connectivity index (χ0) is 24.9. The molecule has 5 rings (SSSR count). The summed E-state index contributed by atoms with van der Waals surface area (Å²) in [5.74, 6) is 0.888. The van der Waals surface area contributed by atoms with Crippen LogP contribution < -0.4 is 10.2 Å². The fourth-order valence-electron chi connectivity index (χ4n) is 4.14. The van der Waals surface area contributed by atoms with E-state index in [-0.39, 0.29) is 11.7 Å². The molecule has 0 unspecified atom stereocenters. The molecule has 0 spiro atoms. The van der Waals surface area contributed by atoms with Gasteiger partial charge in [-0.3, -0.25) is 9.36 Å². The fraction of sp³-hybridized carbons (Fsp3) is 0.250. The lowest BCUT2D eigenvalue weighted by molar-refractivity contribution is -0.113. The molecule has 2 heterocycles. The van der Waals surface area contributed by atoms with Crippen molar-refractivity contribution in [3.63, 3.8) is 0 Å². The van der Waals surface area contributed by atoms with Gasteiger partial charge in [0.25, 0.3) is 0 Å². The van der Waals surface area contributed by atoms with Gasteiger partial charge in [-0.05, 0) is 61.4 Å².